The van der Waals surface area contributed by atoms with Crippen LogP contribution in [0.2, 0.25) is 0 Å². The molecule has 0 fully saturated rings. The van der Waals surface area contributed by atoms with Gasteiger partial charge in [-0.05, 0) is 0 Å². The van der Waals surface area contributed by atoms with Gasteiger partial charge in [-0.25, -0.2) is 9.59 Å². The van der Waals surface area contributed by atoms with E-state index in [9.17, 15) is 13.8 Å². The summed E-state index contributed by atoms with van der Waals surface area (Å²) >= 11 is -2.53. The fraction of sp³-hybridized carbons (Fsp3) is 0. The van der Waals surface area contributed by atoms with Gasteiger partial charge < -0.3 is 19.8 Å². The minimum atomic E-state index is -2.53. The first kappa shape index (κ1) is 8.69. The third kappa shape index (κ3) is 4.84. The van der Waals surface area contributed by atoms with E-state index in [0.29, 0.717) is 0 Å². The molecule has 0 aromatic heterocycles. The monoisotopic (exact) mass is 168 g/mol. The molecular formula is C2H4N2O5S. The number of hydrogen-bond acceptors (Lipinski definition) is 5. The minimum absolute atomic E-state index is 1.32. The molecule has 0 radical (unpaired) electrons. The molecule has 0 atom stereocenters. The maximum atomic E-state index is 10.1. The molecule has 0 spiro atoms. The van der Waals surface area contributed by atoms with Crippen molar-refractivity contribution < 1.29 is 22.2 Å². The highest BCUT2D eigenvalue weighted by Crippen LogP contribution is 1.86. The predicted molar refractivity (Wildman–Crippen MR) is 29.5 cm³/mol. The molecule has 7 nitrogen and oxygen atoms in total. The Bertz CT molecular complexity index is 160. The molecule has 2 amide bonds. The number of carbonyl (C=O) groups excluding carboxylic acids is 2. The molecule has 0 aliphatic carbocycles. The molecule has 0 aromatic rings. The third-order valence-electron chi connectivity index (χ3n) is 0.300. The number of hydrogen-bond donors (Lipinski definition) is 2. The van der Waals surface area contributed by atoms with Gasteiger partial charge in [-0.15, -0.1) is 0 Å². The lowest BCUT2D eigenvalue weighted by Gasteiger charge is -1.95. The standard InChI is InChI=1S/C2H4N2O5S/c3-1(5)8-10(7)9-2(4)6/h(H2,3,5)(H2,4,6). The summed E-state index contributed by atoms with van der Waals surface area (Å²) < 4.78 is 17.4. The summed E-state index contributed by atoms with van der Waals surface area (Å²) in [4.78, 5) is 19.5. The smallest absolute Gasteiger partial charge is 0.334 e. The molecule has 4 N–H and O–H groups in total. The number of primary amides is 2. The Morgan fingerprint density at radius 3 is 1.60 bits per heavy atom. The Morgan fingerprint density at radius 1 is 1.10 bits per heavy atom. The maximum absolute atomic E-state index is 10.1. The zero-order valence-electron chi connectivity index (χ0n) is 4.60. The lowest BCUT2D eigenvalue weighted by molar-refractivity contribution is 0.198. The summed E-state index contributed by atoms with van der Waals surface area (Å²) in [5.74, 6) is 0. The summed E-state index contributed by atoms with van der Waals surface area (Å²) in [7, 11) is 0. The number of rotatable bonds is 2. The van der Waals surface area contributed by atoms with Crippen molar-refractivity contribution in [3.63, 3.8) is 0 Å². The number of nitrogens with two attached hydrogens (primary N) is 2. The van der Waals surface area contributed by atoms with Gasteiger partial charge in [0, 0.05) is 0 Å². The van der Waals surface area contributed by atoms with E-state index in [4.69, 9.17) is 0 Å². The highest BCUT2D eigenvalue weighted by Gasteiger charge is 2.08. The van der Waals surface area contributed by atoms with Gasteiger partial charge in [-0.2, -0.15) is 4.21 Å². The van der Waals surface area contributed by atoms with Crippen LogP contribution >= 0.6 is 0 Å². The van der Waals surface area contributed by atoms with Crippen LogP contribution < -0.4 is 11.5 Å². The molecule has 0 rings (SSSR count). The van der Waals surface area contributed by atoms with Crippen LogP contribution in [0.3, 0.4) is 0 Å². The van der Waals surface area contributed by atoms with Gasteiger partial charge in [0.15, 0.2) is 0 Å². The van der Waals surface area contributed by atoms with E-state index >= 15 is 0 Å². The first-order chi connectivity index (χ1) is 4.52. The van der Waals surface area contributed by atoms with Crippen LogP contribution in [0.4, 0.5) is 9.59 Å². The molecule has 10 heavy (non-hydrogen) atoms. The quantitative estimate of drug-likeness (QED) is 0.533. The average molecular weight is 168 g/mol. The molecule has 0 aliphatic heterocycles. The van der Waals surface area contributed by atoms with Gasteiger partial charge in [0.1, 0.15) is 0 Å². The van der Waals surface area contributed by atoms with E-state index in [2.05, 4.69) is 19.8 Å². The van der Waals surface area contributed by atoms with Gasteiger partial charge in [0.2, 0.25) is 0 Å². The van der Waals surface area contributed by atoms with Crippen LogP contribution in [0, 0.1) is 0 Å². The zero-order chi connectivity index (χ0) is 8.15. The highest BCUT2D eigenvalue weighted by molar-refractivity contribution is 7.76. The molecule has 8 heteroatoms. The van der Waals surface area contributed by atoms with Crippen molar-refractivity contribution in [3.05, 3.63) is 0 Å². The molecule has 0 saturated carbocycles. The van der Waals surface area contributed by atoms with Crippen LogP contribution in [0.5, 0.6) is 0 Å². The van der Waals surface area contributed by atoms with Crippen molar-refractivity contribution in [3.8, 4) is 0 Å². The van der Waals surface area contributed by atoms with E-state index < -0.39 is 23.5 Å². The number of amides is 2. The molecule has 58 valence electrons. The molecular weight excluding hydrogens is 164 g/mol. The van der Waals surface area contributed by atoms with E-state index in [1.165, 1.54) is 0 Å². The largest absolute Gasteiger partial charge is 0.425 e. The lowest BCUT2D eigenvalue weighted by Crippen LogP contribution is -2.21. The fourth-order valence-electron chi connectivity index (χ4n) is 0.151. The Hall–Kier alpha value is -1.31. The van der Waals surface area contributed by atoms with Gasteiger partial charge >= 0.3 is 23.5 Å². The van der Waals surface area contributed by atoms with Crippen LogP contribution in [-0.4, -0.2) is 16.4 Å². The van der Waals surface area contributed by atoms with Crippen LogP contribution in [-0.2, 0) is 19.7 Å². The first-order valence-electron chi connectivity index (χ1n) is 1.89. The average Bonchev–Trinajstić information content (AvgIpc) is 1.58. The summed E-state index contributed by atoms with van der Waals surface area (Å²) in [6.45, 7) is 0. The van der Waals surface area contributed by atoms with Crippen molar-refractivity contribution in [2.75, 3.05) is 0 Å². The Morgan fingerprint density at radius 2 is 1.40 bits per heavy atom. The highest BCUT2D eigenvalue weighted by atomic mass is 32.2. The minimum Gasteiger partial charge on any atom is -0.334 e. The second-order valence-electron chi connectivity index (χ2n) is 1.01. The maximum Gasteiger partial charge on any atom is 0.425 e. The van der Waals surface area contributed by atoms with Crippen LogP contribution in [0.15, 0.2) is 0 Å². The topological polar surface area (TPSA) is 122 Å². The Balaban J connectivity index is 3.65. The van der Waals surface area contributed by atoms with Crippen LogP contribution in [0.25, 0.3) is 0 Å². The number of carbonyl (C=O) groups is 2. The Labute approximate surface area is 58.1 Å². The van der Waals surface area contributed by atoms with Gasteiger partial charge in [-0.1, -0.05) is 0 Å². The van der Waals surface area contributed by atoms with E-state index in [1.54, 1.807) is 0 Å². The van der Waals surface area contributed by atoms with Crippen molar-refractivity contribution >= 4 is 23.5 Å². The van der Waals surface area contributed by atoms with Gasteiger partial charge in [-0.3, -0.25) is 0 Å². The van der Waals surface area contributed by atoms with Crippen molar-refractivity contribution in [1.29, 1.82) is 0 Å². The fourth-order valence-corrected chi connectivity index (χ4v) is 0.453. The third-order valence-corrected chi connectivity index (χ3v) is 0.901. The summed E-state index contributed by atoms with van der Waals surface area (Å²) in [5.41, 5.74) is 8.77. The molecule has 0 heterocycles. The second kappa shape index (κ2) is 3.67. The predicted octanol–water partition coefficient (Wildman–Crippen LogP) is -1.24. The molecule has 0 bridgehead atoms. The summed E-state index contributed by atoms with van der Waals surface area (Å²) in [6.07, 6.45) is -2.64. The van der Waals surface area contributed by atoms with E-state index in [0.717, 1.165) is 0 Å². The van der Waals surface area contributed by atoms with Crippen LogP contribution in [0.1, 0.15) is 0 Å². The van der Waals surface area contributed by atoms with Gasteiger partial charge in [0.25, 0.3) is 0 Å². The van der Waals surface area contributed by atoms with E-state index in [-0.39, 0.29) is 0 Å². The van der Waals surface area contributed by atoms with Gasteiger partial charge in [0.05, 0.1) is 0 Å². The molecule has 0 aromatic carbocycles. The van der Waals surface area contributed by atoms with Crippen molar-refractivity contribution in [2.45, 2.75) is 0 Å². The zero-order valence-corrected chi connectivity index (χ0v) is 5.42. The molecule has 0 aliphatic rings. The lowest BCUT2D eigenvalue weighted by atomic mass is 11.3. The summed E-state index contributed by atoms with van der Waals surface area (Å²) in [5, 5.41) is 0. The van der Waals surface area contributed by atoms with Crippen molar-refractivity contribution in [2.24, 2.45) is 11.5 Å². The summed E-state index contributed by atoms with van der Waals surface area (Å²) in [6, 6.07) is 0. The molecule has 0 saturated heterocycles. The second-order valence-corrected chi connectivity index (χ2v) is 1.75. The van der Waals surface area contributed by atoms with E-state index in [1.807, 2.05) is 0 Å². The Kier molecular flexibility index (Phi) is 3.19. The van der Waals surface area contributed by atoms with Crippen molar-refractivity contribution in [1.82, 2.24) is 0 Å². The normalized spacial score (nSPS) is 8.90. The first-order valence-corrected chi connectivity index (χ1v) is 2.89. The molecule has 0 unspecified atom stereocenters. The SMILES string of the molecule is NC(=O)OS(=O)OC(N)=O.